The van der Waals surface area contributed by atoms with Gasteiger partial charge in [-0.1, -0.05) is 0 Å². The SMILES string of the molecule is COc1ccc(C)nc1NC(=O)N(C)Cc1ccoc1C. The van der Waals surface area contributed by atoms with Crippen LogP contribution in [0.25, 0.3) is 0 Å². The van der Waals surface area contributed by atoms with Gasteiger partial charge >= 0.3 is 6.03 Å². The lowest BCUT2D eigenvalue weighted by Crippen LogP contribution is -2.31. The van der Waals surface area contributed by atoms with Crippen LogP contribution in [0.3, 0.4) is 0 Å². The number of pyridine rings is 1. The lowest BCUT2D eigenvalue weighted by molar-refractivity contribution is 0.220. The van der Waals surface area contributed by atoms with Gasteiger partial charge in [0.15, 0.2) is 11.6 Å². The average molecular weight is 289 g/mol. The van der Waals surface area contributed by atoms with Crippen molar-refractivity contribution in [2.24, 2.45) is 0 Å². The topological polar surface area (TPSA) is 67.6 Å². The van der Waals surface area contributed by atoms with E-state index < -0.39 is 0 Å². The van der Waals surface area contributed by atoms with Gasteiger partial charge in [-0.3, -0.25) is 5.32 Å². The normalized spacial score (nSPS) is 10.3. The van der Waals surface area contributed by atoms with Crippen LogP contribution >= 0.6 is 0 Å². The standard InChI is InChI=1S/C15H19N3O3/c1-10-5-6-13(20-4)14(16-10)17-15(19)18(3)9-12-7-8-21-11(12)2/h5-8H,9H2,1-4H3,(H,16,17,19). The zero-order valence-electron chi connectivity index (χ0n) is 12.6. The van der Waals surface area contributed by atoms with E-state index in [1.807, 2.05) is 26.0 Å². The maximum Gasteiger partial charge on any atom is 0.323 e. The minimum atomic E-state index is -0.257. The minimum Gasteiger partial charge on any atom is -0.493 e. The van der Waals surface area contributed by atoms with Crippen molar-refractivity contribution < 1.29 is 13.9 Å². The summed E-state index contributed by atoms with van der Waals surface area (Å²) in [7, 11) is 3.25. The van der Waals surface area contributed by atoms with E-state index >= 15 is 0 Å². The number of furan rings is 1. The van der Waals surface area contributed by atoms with Crippen molar-refractivity contribution in [3.63, 3.8) is 0 Å². The molecule has 0 fully saturated rings. The van der Waals surface area contributed by atoms with Crippen LogP contribution in [0.2, 0.25) is 0 Å². The summed E-state index contributed by atoms with van der Waals surface area (Å²) >= 11 is 0. The summed E-state index contributed by atoms with van der Waals surface area (Å²) in [6, 6.07) is 5.20. The molecule has 0 aliphatic rings. The van der Waals surface area contributed by atoms with Crippen LogP contribution in [-0.4, -0.2) is 30.1 Å². The number of ether oxygens (including phenoxy) is 1. The molecule has 0 aliphatic carbocycles. The van der Waals surface area contributed by atoms with Gasteiger partial charge in [-0.05, 0) is 32.0 Å². The Bertz CT molecular complexity index is 637. The third-order valence-electron chi connectivity index (χ3n) is 3.16. The zero-order chi connectivity index (χ0) is 15.4. The first-order chi connectivity index (χ1) is 10.0. The number of aromatic nitrogens is 1. The highest BCUT2D eigenvalue weighted by molar-refractivity contribution is 5.89. The maximum absolute atomic E-state index is 12.2. The lowest BCUT2D eigenvalue weighted by Gasteiger charge is -2.18. The van der Waals surface area contributed by atoms with E-state index in [2.05, 4.69) is 10.3 Å². The Morgan fingerprint density at radius 1 is 1.38 bits per heavy atom. The highest BCUT2D eigenvalue weighted by Crippen LogP contribution is 2.22. The minimum absolute atomic E-state index is 0.257. The van der Waals surface area contributed by atoms with E-state index in [1.165, 1.54) is 0 Å². The molecule has 21 heavy (non-hydrogen) atoms. The number of rotatable bonds is 4. The van der Waals surface area contributed by atoms with E-state index in [9.17, 15) is 4.79 Å². The number of anilines is 1. The molecule has 2 aromatic rings. The number of carbonyl (C=O) groups excluding carboxylic acids is 1. The Hall–Kier alpha value is -2.50. The molecule has 1 N–H and O–H groups in total. The third kappa shape index (κ3) is 3.53. The van der Waals surface area contributed by atoms with Gasteiger partial charge in [0.25, 0.3) is 0 Å². The van der Waals surface area contributed by atoms with Crippen molar-refractivity contribution in [1.82, 2.24) is 9.88 Å². The molecule has 0 atom stereocenters. The molecule has 2 amide bonds. The Labute approximate surface area is 123 Å². The molecule has 0 saturated heterocycles. The van der Waals surface area contributed by atoms with Crippen LogP contribution in [0.4, 0.5) is 10.6 Å². The largest absolute Gasteiger partial charge is 0.493 e. The summed E-state index contributed by atoms with van der Waals surface area (Å²) in [6.07, 6.45) is 1.61. The molecule has 2 rings (SSSR count). The molecule has 6 heteroatoms. The van der Waals surface area contributed by atoms with Crippen LogP contribution in [-0.2, 0) is 6.54 Å². The maximum atomic E-state index is 12.2. The van der Waals surface area contributed by atoms with E-state index in [-0.39, 0.29) is 6.03 Å². The third-order valence-corrected chi connectivity index (χ3v) is 3.16. The first kappa shape index (κ1) is 14.9. The lowest BCUT2D eigenvalue weighted by atomic mass is 10.2. The fourth-order valence-corrected chi connectivity index (χ4v) is 1.90. The number of methoxy groups -OCH3 is 1. The Morgan fingerprint density at radius 3 is 2.76 bits per heavy atom. The quantitative estimate of drug-likeness (QED) is 0.939. The van der Waals surface area contributed by atoms with Crippen LogP contribution in [0.5, 0.6) is 5.75 Å². The van der Waals surface area contributed by atoms with E-state index in [4.69, 9.17) is 9.15 Å². The summed E-state index contributed by atoms with van der Waals surface area (Å²) in [5.41, 5.74) is 1.77. The number of hydrogen-bond donors (Lipinski definition) is 1. The fourth-order valence-electron chi connectivity index (χ4n) is 1.90. The van der Waals surface area contributed by atoms with Gasteiger partial charge in [0.05, 0.1) is 19.9 Å². The second-order valence-corrected chi connectivity index (χ2v) is 4.79. The Kier molecular flexibility index (Phi) is 4.47. The number of aryl methyl sites for hydroxylation is 2. The van der Waals surface area contributed by atoms with Gasteiger partial charge in [-0.2, -0.15) is 0 Å². The Balaban J connectivity index is 2.07. The van der Waals surface area contributed by atoms with E-state index in [1.54, 1.807) is 31.4 Å². The van der Waals surface area contributed by atoms with Crippen LogP contribution in [0, 0.1) is 13.8 Å². The predicted molar refractivity (Wildman–Crippen MR) is 79.5 cm³/mol. The highest BCUT2D eigenvalue weighted by Gasteiger charge is 2.15. The smallest absolute Gasteiger partial charge is 0.323 e. The van der Waals surface area contributed by atoms with E-state index in [0.29, 0.717) is 18.1 Å². The summed E-state index contributed by atoms with van der Waals surface area (Å²) in [6.45, 7) is 4.18. The summed E-state index contributed by atoms with van der Waals surface area (Å²) in [5, 5.41) is 2.75. The van der Waals surface area contributed by atoms with Crippen molar-refractivity contribution in [2.45, 2.75) is 20.4 Å². The molecule has 0 unspecified atom stereocenters. The molecule has 112 valence electrons. The average Bonchev–Trinajstić information content (AvgIpc) is 2.84. The molecule has 0 spiro atoms. The summed E-state index contributed by atoms with van der Waals surface area (Å²) in [5.74, 6) is 1.75. The molecular formula is C15H19N3O3. The number of carbonyl (C=O) groups is 1. The van der Waals surface area contributed by atoms with Crippen molar-refractivity contribution in [3.05, 3.63) is 41.5 Å². The van der Waals surface area contributed by atoms with Gasteiger partial charge in [0.1, 0.15) is 5.76 Å². The van der Waals surface area contributed by atoms with Crippen LogP contribution < -0.4 is 10.1 Å². The monoisotopic (exact) mass is 289 g/mol. The molecule has 6 nitrogen and oxygen atoms in total. The molecule has 0 aromatic carbocycles. The molecule has 2 heterocycles. The predicted octanol–water partition coefficient (Wildman–Crippen LogP) is 2.96. The fraction of sp³-hybridized carbons (Fsp3) is 0.333. The molecule has 0 radical (unpaired) electrons. The molecule has 0 bridgehead atoms. The number of urea groups is 1. The van der Waals surface area contributed by atoms with Gasteiger partial charge < -0.3 is 14.1 Å². The summed E-state index contributed by atoms with van der Waals surface area (Å²) in [4.78, 5) is 18.1. The number of hydrogen-bond acceptors (Lipinski definition) is 4. The molecular weight excluding hydrogens is 270 g/mol. The van der Waals surface area contributed by atoms with Gasteiger partial charge in [-0.15, -0.1) is 0 Å². The number of nitrogens with one attached hydrogen (secondary N) is 1. The van der Waals surface area contributed by atoms with Crippen LogP contribution in [0.15, 0.2) is 28.9 Å². The first-order valence-corrected chi connectivity index (χ1v) is 6.58. The van der Waals surface area contributed by atoms with Crippen molar-refractivity contribution in [1.29, 1.82) is 0 Å². The van der Waals surface area contributed by atoms with Crippen LogP contribution in [0.1, 0.15) is 17.0 Å². The number of amides is 2. The van der Waals surface area contributed by atoms with Crippen molar-refractivity contribution in [2.75, 3.05) is 19.5 Å². The van der Waals surface area contributed by atoms with Crippen molar-refractivity contribution in [3.8, 4) is 5.75 Å². The second kappa shape index (κ2) is 6.30. The van der Waals surface area contributed by atoms with Crippen molar-refractivity contribution >= 4 is 11.8 Å². The second-order valence-electron chi connectivity index (χ2n) is 4.79. The zero-order valence-corrected chi connectivity index (χ0v) is 12.6. The molecule has 0 aliphatic heterocycles. The van der Waals surface area contributed by atoms with Gasteiger partial charge in [-0.25, -0.2) is 9.78 Å². The van der Waals surface area contributed by atoms with Gasteiger partial charge in [0, 0.05) is 18.3 Å². The highest BCUT2D eigenvalue weighted by atomic mass is 16.5. The molecule has 2 aromatic heterocycles. The van der Waals surface area contributed by atoms with E-state index in [0.717, 1.165) is 17.0 Å². The first-order valence-electron chi connectivity index (χ1n) is 6.58. The summed E-state index contributed by atoms with van der Waals surface area (Å²) < 4.78 is 10.4. The van der Waals surface area contributed by atoms with Gasteiger partial charge in [0.2, 0.25) is 0 Å². The number of nitrogens with zero attached hydrogens (tertiary/aromatic N) is 2. The Morgan fingerprint density at radius 2 is 2.14 bits per heavy atom. The molecule has 0 saturated carbocycles.